The summed E-state index contributed by atoms with van der Waals surface area (Å²) in [5.41, 5.74) is -0.119. The first-order valence-corrected chi connectivity index (χ1v) is 5.72. The highest BCUT2D eigenvalue weighted by molar-refractivity contribution is 5.66. The molecule has 0 bridgehead atoms. The van der Waals surface area contributed by atoms with E-state index < -0.39 is 0 Å². The predicted molar refractivity (Wildman–Crippen MR) is 58.6 cm³/mol. The monoisotopic (exact) mass is 214 g/mol. The van der Waals surface area contributed by atoms with Gasteiger partial charge in [-0.15, -0.1) is 0 Å². The Morgan fingerprint density at radius 3 is 2.80 bits per heavy atom. The van der Waals surface area contributed by atoms with Crippen LogP contribution in [0.2, 0.25) is 0 Å². The Morgan fingerprint density at radius 1 is 1.60 bits per heavy atom. The van der Waals surface area contributed by atoms with Crippen molar-refractivity contribution in [3.63, 3.8) is 0 Å². The van der Waals surface area contributed by atoms with E-state index in [4.69, 9.17) is 9.47 Å². The van der Waals surface area contributed by atoms with Gasteiger partial charge in [0, 0.05) is 19.8 Å². The molecule has 1 aliphatic rings. The Hall–Kier alpha value is -0.570. The second-order valence-corrected chi connectivity index (χ2v) is 5.12. The van der Waals surface area contributed by atoms with E-state index in [1.165, 1.54) is 6.92 Å². The number of carbonyl (C=O) groups is 1. The molecule has 1 rings (SSSR count). The van der Waals surface area contributed by atoms with Crippen LogP contribution in [0.15, 0.2) is 0 Å². The van der Waals surface area contributed by atoms with Crippen molar-refractivity contribution in [2.75, 3.05) is 6.61 Å². The molecule has 0 amide bonds. The van der Waals surface area contributed by atoms with E-state index in [1.54, 1.807) is 0 Å². The molecule has 0 aromatic rings. The van der Waals surface area contributed by atoms with Gasteiger partial charge in [-0.25, -0.2) is 0 Å². The number of ether oxygens (including phenoxy) is 2. The van der Waals surface area contributed by atoms with Gasteiger partial charge in [-0.3, -0.25) is 4.79 Å². The Balaban J connectivity index is 2.50. The molecule has 0 aliphatic carbocycles. The molecule has 0 radical (unpaired) electrons. The van der Waals surface area contributed by atoms with Gasteiger partial charge in [0.1, 0.15) is 6.10 Å². The lowest BCUT2D eigenvalue weighted by atomic mass is 9.86. The third-order valence-electron chi connectivity index (χ3n) is 2.72. The minimum absolute atomic E-state index is 0.0417. The van der Waals surface area contributed by atoms with Gasteiger partial charge in [0.15, 0.2) is 0 Å². The summed E-state index contributed by atoms with van der Waals surface area (Å²) in [6.07, 6.45) is 2.71. The second-order valence-electron chi connectivity index (χ2n) is 5.12. The molecular formula is C12H22O3. The Labute approximate surface area is 92.1 Å². The van der Waals surface area contributed by atoms with Gasteiger partial charge in [0.05, 0.1) is 12.2 Å². The highest BCUT2D eigenvalue weighted by atomic mass is 16.6. The molecule has 0 saturated carbocycles. The summed E-state index contributed by atoms with van der Waals surface area (Å²) in [6.45, 7) is 8.65. The summed E-state index contributed by atoms with van der Waals surface area (Å²) >= 11 is 0. The topological polar surface area (TPSA) is 35.5 Å². The average molecular weight is 214 g/mol. The molecule has 1 saturated heterocycles. The zero-order valence-electron chi connectivity index (χ0n) is 10.2. The van der Waals surface area contributed by atoms with E-state index in [9.17, 15) is 4.79 Å². The van der Waals surface area contributed by atoms with Gasteiger partial charge in [-0.1, -0.05) is 13.8 Å². The fraction of sp³-hybridized carbons (Fsp3) is 0.917. The van der Waals surface area contributed by atoms with Crippen LogP contribution in [-0.4, -0.2) is 24.3 Å². The lowest BCUT2D eigenvalue weighted by Crippen LogP contribution is -2.41. The number of hydrogen-bond acceptors (Lipinski definition) is 3. The van der Waals surface area contributed by atoms with Crippen LogP contribution in [0.25, 0.3) is 0 Å². The maximum absolute atomic E-state index is 10.9. The fourth-order valence-electron chi connectivity index (χ4n) is 2.42. The zero-order valence-corrected chi connectivity index (χ0v) is 10.2. The van der Waals surface area contributed by atoms with E-state index in [0.717, 1.165) is 19.3 Å². The molecule has 3 nitrogen and oxygen atoms in total. The number of hydrogen-bond donors (Lipinski definition) is 0. The Morgan fingerprint density at radius 2 is 2.27 bits per heavy atom. The van der Waals surface area contributed by atoms with Crippen molar-refractivity contribution in [3.05, 3.63) is 0 Å². The van der Waals surface area contributed by atoms with Gasteiger partial charge in [0.2, 0.25) is 0 Å². The largest absolute Gasteiger partial charge is 0.462 e. The molecule has 3 heteroatoms. The van der Waals surface area contributed by atoms with Crippen LogP contribution >= 0.6 is 0 Å². The lowest BCUT2D eigenvalue weighted by Gasteiger charge is -2.38. The van der Waals surface area contributed by atoms with Gasteiger partial charge in [-0.05, 0) is 19.3 Å². The van der Waals surface area contributed by atoms with Crippen LogP contribution in [0.1, 0.15) is 47.0 Å². The quantitative estimate of drug-likeness (QED) is 0.677. The standard InChI is InChI=1S/C12H22O3/c1-9(2)7-12(4)8-11(5-6-14-12)15-10(3)13/h9,11H,5-8H2,1-4H3. The van der Waals surface area contributed by atoms with Crippen molar-refractivity contribution in [3.8, 4) is 0 Å². The van der Waals surface area contributed by atoms with Crippen molar-refractivity contribution < 1.29 is 14.3 Å². The van der Waals surface area contributed by atoms with E-state index in [2.05, 4.69) is 20.8 Å². The first-order chi connectivity index (χ1) is 6.91. The highest BCUT2D eigenvalue weighted by Gasteiger charge is 2.35. The van der Waals surface area contributed by atoms with Gasteiger partial charge < -0.3 is 9.47 Å². The smallest absolute Gasteiger partial charge is 0.302 e. The number of rotatable bonds is 3. The third-order valence-corrected chi connectivity index (χ3v) is 2.72. The minimum Gasteiger partial charge on any atom is -0.462 e. The third kappa shape index (κ3) is 4.20. The molecule has 0 N–H and O–H groups in total. The molecule has 0 spiro atoms. The Kier molecular flexibility index (Phi) is 4.14. The molecule has 1 aliphatic heterocycles. The van der Waals surface area contributed by atoms with Crippen LogP contribution in [-0.2, 0) is 14.3 Å². The zero-order chi connectivity index (χ0) is 11.5. The van der Waals surface area contributed by atoms with Crippen LogP contribution in [0.5, 0.6) is 0 Å². The van der Waals surface area contributed by atoms with Crippen LogP contribution < -0.4 is 0 Å². The van der Waals surface area contributed by atoms with Crippen molar-refractivity contribution in [1.82, 2.24) is 0 Å². The predicted octanol–water partition coefficient (Wildman–Crippen LogP) is 2.53. The van der Waals surface area contributed by atoms with Gasteiger partial charge in [0.25, 0.3) is 0 Å². The van der Waals surface area contributed by atoms with E-state index in [0.29, 0.717) is 12.5 Å². The van der Waals surface area contributed by atoms with Gasteiger partial charge >= 0.3 is 5.97 Å². The molecule has 88 valence electrons. The lowest BCUT2D eigenvalue weighted by molar-refractivity contribution is -0.163. The normalized spacial score (nSPS) is 31.7. The summed E-state index contributed by atoms with van der Waals surface area (Å²) in [5.74, 6) is 0.417. The van der Waals surface area contributed by atoms with Crippen LogP contribution in [0, 0.1) is 5.92 Å². The SMILES string of the molecule is CC(=O)OC1CCOC(C)(CC(C)C)C1. The van der Waals surface area contributed by atoms with E-state index in [1.807, 2.05) is 0 Å². The van der Waals surface area contributed by atoms with Crippen LogP contribution in [0.3, 0.4) is 0 Å². The number of carbonyl (C=O) groups excluding carboxylic acids is 1. The summed E-state index contributed by atoms with van der Waals surface area (Å²) in [4.78, 5) is 10.9. The van der Waals surface area contributed by atoms with Crippen molar-refractivity contribution in [1.29, 1.82) is 0 Å². The average Bonchev–Trinajstić information content (AvgIpc) is 1.99. The summed E-state index contributed by atoms with van der Waals surface area (Å²) < 4.78 is 11.0. The van der Waals surface area contributed by atoms with Crippen LogP contribution in [0.4, 0.5) is 0 Å². The summed E-state index contributed by atoms with van der Waals surface area (Å²) in [5, 5.41) is 0. The maximum atomic E-state index is 10.9. The van der Waals surface area contributed by atoms with E-state index >= 15 is 0 Å². The molecule has 15 heavy (non-hydrogen) atoms. The molecular weight excluding hydrogens is 192 g/mol. The minimum atomic E-state index is -0.186. The molecule has 1 heterocycles. The van der Waals surface area contributed by atoms with Crippen molar-refractivity contribution in [2.24, 2.45) is 5.92 Å². The maximum Gasteiger partial charge on any atom is 0.302 e. The van der Waals surface area contributed by atoms with E-state index in [-0.39, 0.29) is 17.7 Å². The molecule has 2 atom stereocenters. The molecule has 0 aromatic heterocycles. The summed E-state index contributed by atoms with van der Waals surface area (Å²) in [6, 6.07) is 0. The molecule has 0 aromatic carbocycles. The highest BCUT2D eigenvalue weighted by Crippen LogP contribution is 2.32. The van der Waals surface area contributed by atoms with Crippen molar-refractivity contribution >= 4 is 5.97 Å². The molecule has 1 fully saturated rings. The van der Waals surface area contributed by atoms with Gasteiger partial charge in [-0.2, -0.15) is 0 Å². The number of esters is 1. The molecule has 2 unspecified atom stereocenters. The first-order valence-electron chi connectivity index (χ1n) is 5.72. The van der Waals surface area contributed by atoms with Crippen molar-refractivity contribution in [2.45, 2.75) is 58.7 Å². The Bertz CT molecular complexity index is 225. The fourth-order valence-corrected chi connectivity index (χ4v) is 2.42. The summed E-state index contributed by atoms with van der Waals surface area (Å²) in [7, 11) is 0. The second kappa shape index (κ2) is 4.97. The first kappa shape index (κ1) is 12.5.